The molecular formula is C27H22Cl2FNO4. The molecule has 1 heterocycles. The minimum absolute atomic E-state index is 0.112. The lowest BCUT2D eigenvalue weighted by molar-refractivity contribution is -0.132. The first kappa shape index (κ1) is 24.8. The molecule has 0 aromatic heterocycles. The van der Waals surface area contributed by atoms with Crippen LogP contribution >= 0.6 is 23.2 Å². The highest BCUT2D eigenvalue weighted by Crippen LogP contribution is 2.43. The lowest BCUT2D eigenvalue weighted by Crippen LogP contribution is -2.29. The Labute approximate surface area is 212 Å². The topological polar surface area (TPSA) is 66.8 Å². The molecule has 8 heteroatoms. The van der Waals surface area contributed by atoms with Crippen LogP contribution in [0.1, 0.15) is 31.0 Å². The van der Waals surface area contributed by atoms with E-state index in [0.717, 1.165) is 6.07 Å². The predicted molar refractivity (Wildman–Crippen MR) is 134 cm³/mol. The van der Waals surface area contributed by atoms with E-state index in [-0.39, 0.29) is 22.0 Å². The molecule has 1 atom stereocenters. The summed E-state index contributed by atoms with van der Waals surface area (Å²) in [6, 6.07) is 16.0. The van der Waals surface area contributed by atoms with Gasteiger partial charge < -0.3 is 9.84 Å². The Morgan fingerprint density at radius 2 is 1.77 bits per heavy atom. The molecule has 1 N–H and O–H groups in total. The van der Waals surface area contributed by atoms with Gasteiger partial charge in [-0.05, 0) is 53.9 Å². The zero-order valence-electron chi connectivity index (χ0n) is 19.0. The van der Waals surface area contributed by atoms with Crippen molar-refractivity contribution in [1.82, 2.24) is 0 Å². The summed E-state index contributed by atoms with van der Waals surface area (Å²) in [4.78, 5) is 27.6. The summed E-state index contributed by atoms with van der Waals surface area (Å²) < 4.78 is 19.6. The van der Waals surface area contributed by atoms with Crippen LogP contribution in [0.5, 0.6) is 5.75 Å². The second-order valence-electron chi connectivity index (χ2n) is 8.55. The van der Waals surface area contributed by atoms with Gasteiger partial charge in [0.25, 0.3) is 11.7 Å². The Morgan fingerprint density at radius 1 is 1.06 bits per heavy atom. The highest BCUT2D eigenvalue weighted by atomic mass is 35.5. The number of carbonyl (C=O) groups is 2. The van der Waals surface area contributed by atoms with E-state index in [4.69, 9.17) is 27.9 Å². The molecule has 1 amide bonds. The number of anilines is 1. The van der Waals surface area contributed by atoms with Gasteiger partial charge in [-0.3, -0.25) is 14.5 Å². The summed E-state index contributed by atoms with van der Waals surface area (Å²) in [6.07, 6.45) is 0. The Hall–Kier alpha value is -3.35. The summed E-state index contributed by atoms with van der Waals surface area (Å²) in [5, 5.41) is 11.5. The first-order chi connectivity index (χ1) is 16.7. The normalized spacial score (nSPS) is 17.3. The maximum atomic E-state index is 13.8. The molecule has 1 aliphatic heterocycles. The number of halogens is 3. The van der Waals surface area contributed by atoms with Crippen LogP contribution in [0.2, 0.25) is 10.0 Å². The van der Waals surface area contributed by atoms with Crippen LogP contribution in [0.15, 0.2) is 72.3 Å². The molecular weight excluding hydrogens is 492 g/mol. The van der Waals surface area contributed by atoms with Gasteiger partial charge in [-0.25, -0.2) is 4.39 Å². The van der Waals surface area contributed by atoms with Crippen LogP contribution in [-0.2, 0) is 9.59 Å². The number of nitrogens with zero attached hydrogens (tertiary/aromatic N) is 1. The summed E-state index contributed by atoms with van der Waals surface area (Å²) >= 11 is 12.0. The van der Waals surface area contributed by atoms with Gasteiger partial charge in [-0.15, -0.1) is 0 Å². The maximum Gasteiger partial charge on any atom is 0.300 e. The number of aliphatic hydroxyl groups is 1. The van der Waals surface area contributed by atoms with Crippen molar-refractivity contribution in [3.63, 3.8) is 0 Å². The predicted octanol–water partition coefficient (Wildman–Crippen LogP) is 6.79. The summed E-state index contributed by atoms with van der Waals surface area (Å²) in [6.45, 7) is 4.50. The summed E-state index contributed by atoms with van der Waals surface area (Å²) in [5.41, 5.74) is 0.952. The molecule has 1 aliphatic rings. The van der Waals surface area contributed by atoms with Gasteiger partial charge in [0.1, 0.15) is 17.3 Å². The molecule has 3 aromatic carbocycles. The number of aliphatic hydroxyl groups excluding tert-OH is 1. The third kappa shape index (κ3) is 5.04. The van der Waals surface area contributed by atoms with Crippen LogP contribution in [-0.4, -0.2) is 23.4 Å². The molecule has 35 heavy (non-hydrogen) atoms. The van der Waals surface area contributed by atoms with Crippen molar-refractivity contribution < 1.29 is 23.8 Å². The fourth-order valence-corrected chi connectivity index (χ4v) is 4.15. The van der Waals surface area contributed by atoms with Crippen LogP contribution in [0, 0.1) is 11.7 Å². The average molecular weight is 514 g/mol. The van der Waals surface area contributed by atoms with Crippen LogP contribution in [0.4, 0.5) is 10.1 Å². The molecule has 180 valence electrons. The van der Waals surface area contributed by atoms with Crippen molar-refractivity contribution in [1.29, 1.82) is 0 Å². The molecule has 4 rings (SSSR count). The molecule has 0 bridgehead atoms. The van der Waals surface area contributed by atoms with E-state index in [0.29, 0.717) is 34.4 Å². The number of benzene rings is 3. The van der Waals surface area contributed by atoms with Gasteiger partial charge in [-0.2, -0.15) is 0 Å². The smallest absolute Gasteiger partial charge is 0.300 e. The summed E-state index contributed by atoms with van der Waals surface area (Å²) in [7, 11) is 0. The van der Waals surface area contributed by atoms with E-state index in [1.807, 2.05) is 13.8 Å². The van der Waals surface area contributed by atoms with Gasteiger partial charge in [0.15, 0.2) is 0 Å². The van der Waals surface area contributed by atoms with Gasteiger partial charge in [0, 0.05) is 16.3 Å². The lowest BCUT2D eigenvalue weighted by atomic mass is 9.95. The zero-order valence-corrected chi connectivity index (χ0v) is 20.5. The van der Waals surface area contributed by atoms with Crippen LogP contribution in [0.25, 0.3) is 5.76 Å². The van der Waals surface area contributed by atoms with E-state index < -0.39 is 23.5 Å². The van der Waals surface area contributed by atoms with Crippen molar-refractivity contribution in [2.45, 2.75) is 19.9 Å². The molecule has 3 aromatic rings. The number of ketones is 1. The number of hydrogen-bond acceptors (Lipinski definition) is 4. The van der Waals surface area contributed by atoms with Crippen molar-refractivity contribution in [2.75, 3.05) is 11.5 Å². The highest BCUT2D eigenvalue weighted by Gasteiger charge is 2.47. The molecule has 1 unspecified atom stereocenters. The molecule has 0 radical (unpaired) electrons. The largest absolute Gasteiger partial charge is 0.507 e. The Balaban J connectivity index is 1.87. The number of ether oxygens (including phenoxy) is 1. The second-order valence-corrected chi connectivity index (χ2v) is 9.40. The molecule has 1 saturated heterocycles. The lowest BCUT2D eigenvalue weighted by Gasteiger charge is -2.25. The van der Waals surface area contributed by atoms with Crippen molar-refractivity contribution in [2.24, 2.45) is 5.92 Å². The number of Topliss-reactive ketones (excluding diaryl/α,β-unsaturated/α-hetero) is 1. The van der Waals surface area contributed by atoms with Crippen molar-refractivity contribution in [3.05, 3.63) is 99.3 Å². The SMILES string of the molecule is CC(C)COc1cccc(/C(O)=C2\C(=O)C(=O)N(c3ccc(F)c(Cl)c3)C2c2ccc(Cl)cc2)c1. The minimum atomic E-state index is -0.992. The fraction of sp³-hybridized carbons (Fsp3) is 0.185. The minimum Gasteiger partial charge on any atom is -0.507 e. The van der Waals surface area contributed by atoms with Gasteiger partial charge >= 0.3 is 0 Å². The maximum absolute atomic E-state index is 13.8. The number of rotatable bonds is 6. The van der Waals surface area contributed by atoms with Gasteiger partial charge in [0.2, 0.25) is 0 Å². The van der Waals surface area contributed by atoms with Crippen molar-refractivity contribution >= 4 is 46.3 Å². The average Bonchev–Trinajstić information content (AvgIpc) is 3.10. The Morgan fingerprint density at radius 3 is 2.43 bits per heavy atom. The fourth-order valence-electron chi connectivity index (χ4n) is 3.85. The molecule has 0 aliphatic carbocycles. The third-order valence-electron chi connectivity index (χ3n) is 5.50. The molecule has 5 nitrogen and oxygen atoms in total. The third-order valence-corrected chi connectivity index (χ3v) is 6.04. The standard InChI is InChI=1S/C27H22Cl2FNO4/c1-15(2)14-35-20-5-3-4-17(12-20)25(32)23-24(16-6-8-18(28)9-7-16)31(27(34)26(23)33)19-10-11-22(30)21(29)13-19/h3-13,15,24,32H,14H2,1-2H3/b25-23+. The van der Waals surface area contributed by atoms with E-state index in [1.165, 1.54) is 17.0 Å². The number of hydrogen-bond donors (Lipinski definition) is 1. The number of amides is 1. The monoisotopic (exact) mass is 513 g/mol. The van der Waals surface area contributed by atoms with Gasteiger partial charge in [-0.1, -0.05) is 61.3 Å². The van der Waals surface area contributed by atoms with E-state index in [2.05, 4.69) is 0 Å². The summed E-state index contributed by atoms with van der Waals surface area (Å²) in [5.74, 6) is -1.95. The van der Waals surface area contributed by atoms with Crippen LogP contribution < -0.4 is 9.64 Å². The molecule has 0 saturated carbocycles. The zero-order chi connectivity index (χ0) is 25.3. The Bertz CT molecular complexity index is 1320. The van der Waals surface area contributed by atoms with Crippen LogP contribution in [0.3, 0.4) is 0 Å². The van der Waals surface area contributed by atoms with Crippen molar-refractivity contribution in [3.8, 4) is 5.75 Å². The van der Waals surface area contributed by atoms with E-state index in [9.17, 15) is 19.1 Å². The second kappa shape index (κ2) is 10.1. The molecule has 1 fully saturated rings. The first-order valence-corrected chi connectivity index (χ1v) is 11.7. The van der Waals surface area contributed by atoms with E-state index in [1.54, 1.807) is 48.5 Å². The number of carbonyl (C=O) groups excluding carboxylic acids is 2. The van der Waals surface area contributed by atoms with Gasteiger partial charge in [0.05, 0.1) is 23.2 Å². The quantitative estimate of drug-likeness (QED) is 0.223. The first-order valence-electron chi connectivity index (χ1n) is 10.9. The van der Waals surface area contributed by atoms with E-state index >= 15 is 0 Å². The Kier molecular flexibility index (Phi) is 7.15. The molecule has 0 spiro atoms. The highest BCUT2D eigenvalue weighted by molar-refractivity contribution is 6.51.